The van der Waals surface area contributed by atoms with E-state index in [0.29, 0.717) is 11.5 Å². The predicted molar refractivity (Wildman–Crippen MR) is 115 cm³/mol. The minimum atomic E-state index is -0.108. The van der Waals surface area contributed by atoms with Gasteiger partial charge in [0.2, 0.25) is 0 Å². The number of furan rings is 1. The fraction of sp³-hybridized carbons (Fsp3) is 0.320. The third-order valence-corrected chi connectivity index (χ3v) is 5.40. The summed E-state index contributed by atoms with van der Waals surface area (Å²) in [5, 5.41) is 0. The van der Waals surface area contributed by atoms with Gasteiger partial charge in [0, 0.05) is 11.7 Å². The molecule has 4 heteroatoms. The van der Waals surface area contributed by atoms with Gasteiger partial charge in [0.1, 0.15) is 18.1 Å². The second kappa shape index (κ2) is 7.43. The Balaban J connectivity index is 1.43. The van der Waals surface area contributed by atoms with Crippen molar-refractivity contribution in [1.82, 2.24) is 0 Å². The van der Waals surface area contributed by atoms with Gasteiger partial charge in [-0.15, -0.1) is 0 Å². The Hall–Kier alpha value is -3.01. The summed E-state index contributed by atoms with van der Waals surface area (Å²) in [6.45, 7) is 8.90. The minimum Gasteiger partial charge on any atom is -0.486 e. The van der Waals surface area contributed by atoms with Crippen LogP contribution in [-0.2, 0) is 18.4 Å². The van der Waals surface area contributed by atoms with Gasteiger partial charge in [0.15, 0.2) is 5.76 Å². The van der Waals surface area contributed by atoms with Crippen LogP contribution in [0, 0.1) is 0 Å². The molecule has 0 spiro atoms. The molecule has 3 aromatic rings. The Morgan fingerprint density at radius 2 is 1.79 bits per heavy atom. The first-order valence-electron chi connectivity index (χ1n) is 10.1. The maximum atomic E-state index is 13.0. The third-order valence-electron chi connectivity index (χ3n) is 5.40. The van der Waals surface area contributed by atoms with Crippen molar-refractivity contribution in [3.05, 3.63) is 83.3 Å². The second-order valence-electron chi connectivity index (χ2n) is 8.69. The van der Waals surface area contributed by atoms with Gasteiger partial charge < -0.3 is 14.1 Å². The number of anilines is 1. The van der Waals surface area contributed by atoms with Crippen molar-refractivity contribution in [1.29, 1.82) is 0 Å². The zero-order valence-electron chi connectivity index (χ0n) is 17.4. The van der Waals surface area contributed by atoms with Crippen LogP contribution in [-0.4, -0.2) is 11.9 Å². The summed E-state index contributed by atoms with van der Waals surface area (Å²) in [6.07, 6.45) is 0.864. The number of amides is 1. The highest BCUT2D eigenvalue weighted by molar-refractivity contribution is 6.06. The smallest absolute Gasteiger partial charge is 0.294 e. The summed E-state index contributed by atoms with van der Waals surface area (Å²) in [4.78, 5) is 14.9. The summed E-state index contributed by atoms with van der Waals surface area (Å²) >= 11 is 0. The van der Waals surface area contributed by atoms with Crippen LogP contribution in [0.2, 0.25) is 0 Å². The minimum absolute atomic E-state index is 0.108. The van der Waals surface area contributed by atoms with E-state index in [1.807, 2.05) is 41.3 Å². The van der Waals surface area contributed by atoms with Crippen molar-refractivity contribution in [3.8, 4) is 5.75 Å². The molecular formula is C25H27NO3. The molecule has 0 N–H and O–H groups in total. The molecule has 0 aliphatic carbocycles. The predicted octanol–water partition coefficient (Wildman–Crippen LogP) is 5.75. The van der Waals surface area contributed by atoms with Gasteiger partial charge in [0.25, 0.3) is 5.91 Å². The highest BCUT2D eigenvalue weighted by atomic mass is 16.5. The molecule has 2 aromatic carbocycles. The number of rotatable bonds is 4. The lowest BCUT2D eigenvalue weighted by Gasteiger charge is -2.21. The van der Waals surface area contributed by atoms with E-state index in [4.69, 9.17) is 9.15 Å². The molecule has 1 aliphatic heterocycles. The lowest BCUT2D eigenvalue weighted by molar-refractivity contribution is 0.0950. The first-order valence-corrected chi connectivity index (χ1v) is 10.1. The number of carbonyl (C=O) groups excluding carboxylic acids is 1. The first kappa shape index (κ1) is 19.3. The molecule has 150 valence electrons. The normalized spacial score (nSPS) is 16.0. The Labute approximate surface area is 172 Å². The standard InChI is InChI=1S/C25H27NO3/c1-17-15-18-7-5-6-8-22(18)26(17)24(27)23-14-13-21(29-23)16-28-20-11-9-19(10-12-20)25(2,3)4/h5-14,17H,15-16H2,1-4H3/t17-/m1/s1. The summed E-state index contributed by atoms with van der Waals surface area (Å²) in [6, 6.07) is 19.8. The largest absolute Gasteiger partial charge is 0.486 e. The van der Waals surface area contributed by atoms with E-state index < -0.39 is 0 Å². The SMILES string of the molecule is C[C@@H]1Cc2ccccc2N1C(=O)c1ccc(COc2ccc(C(C)(C)C)cc2)o1. The fourth-order valence-electron chi connectivity index (χ4n) is 3.77. The van der Waals surface area contributed by atoms with Crippen LogP contribution >= 0.6 is 0 Å². The zero-order valence-corrected chi connectivity index (χ0v) is 17.4. The van der Waals surface area contributed by atoms with E-state index in [1.165, 1.54) is 11.1 Å². The van der Waals surface area contributed by atoms with Gasteiger partial charge in [0.05, 0.1) is 0 Å². The molecule has 1 aromatic heterocycles. The molecule has 1 atom stereocenters. The molecule has 2 heterocycles. The van der Waals surface area contributed by atoms with Crippen LogP contribution in [0.1, 0.15) is 55.1 Å². The first-order chi connectivity index (χ1) is 13.8. The number of carbonyl (C=O) groups is 1. The molecule has 0 saturated carbocycles. The molecular weight excluding hydrogens is 362 g/mol. The maximum absolute atomic E-state index is 13.0. The van der Waals surface area contributed by atoms with E-state index in [9.17, 15) is 4.79 Å². The molecule has 1 aliphatic rings. The molecule has 4 nitrogen and oxygen atoms in total. The molecule has 0 fully saturated rings. The summed E-state index contributed by atoms with van der Waals surface area (Å²) in [7, 11) is 0. The van der Waals surface area contributed by atoms with Crippen molar-refractivity contribution in [2.24, 2.45) is 0 Å². The van der Waals surface area contributed by atoms with Gasteiger partial charge in [-0.25, -0.2) is 0 Å². The topological polar surface area (TPSA) is 42.7 Å². The van der Waals surface area contributed by atoms with Crippen LogP contribution in [0.25, 0.3) is 0 Å². The third kappa shape index (κ3) is 3.93. The van der Waals surface area contributed by atoms with Crippen LogP contribution in [0.3, 0.4) is 0 Å². The molecule has 0 saturated heterocycles. The van der Waals surface area contributed by atoms with Crippen molar-refractivity contribution < 1.29 is 13.9 Å². The maximum Gasteiger partial charge on any atom is 0.294 e. The van der Waals surface area contributed by atoms with E-state index in [0.717, 1.165) is 17.9 Å². The lowest BCUT2D eigenvalue weighted by atomic mass is 9.87. The number of para-hydroxylation sites is 1. The second-order valence-corrected chi connectivity index (χ2v) is 8.69. The number of hydrogen-bond acceptors (Lipinski definition) is 3. The molecule has 4 rings (SSSR count). The number of fused-ring (bicyclic) bond motifs is 1. The summed E-state index contributed by atoms with van der Waals surface area (Å²) in [5.74, 6) is 1.65. The van der Waals surface area contributed by atoms with E-state index >= 15 is 0 Å². The molecule has 0 unspecified atom stereocenters. The number of nitrogens with zero attached hydrogens (tertiary/aromatic N) is 1. The van der Waals surface area contributed by atoms with Crippen molar-refractivity contribution in [3.63, 3.8) is 0 Å². The summed E-state index contributed by atoms with van der Waals surface area (Å²) in [5.41, 5.74) is 3.54. The van der Waals surface area contributed by atoms with Crippen LogP contribution in [0.15, 0.2) is 65.1 Å². The molecule has 1 amide bonds. The Bertz CT molecular complexity index is 1010. The van der Waals surface area contributed by atoms with Crippen LogP contribution in [0.4, 0.5) is 5.69 Å². The molecule has 0 radical (unpaired) electrons. The van der Waals surface area contributed by atoms with Crippen molar-refractivity contribution >= 4 is 11.6 Å². The van der Waals surface area contributed by atoms with Gasteiger partial charge in [-0.2, -0.15) is 0 Å². The van der Waals surface area contributed by atoms with E-state index in [1.54, 1.807) is 6.07 Å². The van der Waals surface area contributed by atoms with Crippen LogP contribution in [0.5, 0.6) is 5.75 Å². The van der Waals surface area contributed by atoms with Gasteiger partial charge in [-0.1, -0.05) is 51.1 Å². The Kier molecular flexibility index (Phi) is 4.95. The molecule has 29 heavy (non-hydrogen) atoms. The number of benzene rings is 2. The van der Waals surface area contributed by atoms with Gasteiger partial charge in [-0.05, 0) is 60.2 Å². The lowest BCUT2D eigenvalue weighted by Crippen LogP contribution is -2.35. The monoisotopic (exact) mass is 389 g/mol. The zero-order chi connectivity index (χ0) is 20.6. The highest BCUT2D eigenvalue weighted by Gasteiger charge is 2.32. The quantitative estimate of drug-likeness (QED) is 0.571. The average molecular weight is 389 g/mol. The number of hydrogen-bond donors (Lipinski definition) is 0. The van der Waals surface area contributed by atoms with Crippen molar-refractivity contribution in [2.75, 3.05) is 4.90 Å². The van der Waals surface area contributed by atoms with E-state index in [-0.39, 0.29) is 24.0 Å². The number of ether oxygens (including phenoxy) is 1. The van der Waals surface area contributed by atoms with Crippen molar-refractivity contribution in [2.45, 2.75) is 52.2 Å². The Morgan fingerprint density at radius 3 is 2.52 bits per heavy atom. The van der Waals surface area contributed by atoms with Gasteiger partial charge >= 0.3 is 0 Å². The van der Waals surface area contributed by atoms with E-state index in [2.05, 4.69) is 45.9 Å². The Morgan fingerprint density at radius 1 is 1.07 bits per heavy atom. The average Bonchev–Trinajstić information content (AvgIpc) is 3.29. The van der Waals surface area contributed by atoms with Gasteiger partial charge in [-0.3, -0.25) is 4.79 Å². The molecule has 0 bridgehead atoms. The summed E-state index contributed by atoms with van der Waals surface area (Å²) < 4.78 is 11.6. The van der Waals surface area contributed by atoms with Crippen LogP contribution < -0.4 is 9.64 Å². The fourth-order valence-corrected chi connectivity index (χ4v) is 3.77. The highest BCUT2D eigenvalue weighted by Crippen LogP contribution is 2.33.